The predicted octanol–water partition coefficient (Wildman–Crippen LogP) is 3.48. The second-order valence-electron chi connectivity index (χ2n) is 4.72. The lowest BCUT2D eigenvalue weighted by Crippen LogP contribution is -2.12. The molecule has 0 heterocycles. The maximum absolute atomic E-state index is 14.1. The standard InChI is InChI=1S/C16H16FN3/c1-11(19)13-5-8-16(15(17)9-13)20(2)14-6-3-12(10-18)4-7-14/h3-9,11H,19H2,1-2H3/t11-/m1/s1. The predicted molar refractivity (Wildman–Crippen MR) is 78.2 cm³/mol. The minimum Gasteiger partial charge on any atom is -0.342 e. The summed E-state index contributed by atoms with van der Waals surface area (Å²) >= 11 is 0. The Morgan fingerprint density at radius 1 is 1.20 bits per heavy atom. The third-order valence-electron chi connectivity index (χ3n) is 3.24. The fourth-order valence-electron chi connectivity index (χ4n) is 1.98. The molecule has 0 saturated carbocycles. The van der Waals surface area contributed by atoms with Crippen molar-refractivity contribution in [2.75, 3.05) is 11.9 Å². The minimum atomic E-state index is -0.313. The number of nitriles is 1. The number of benzene rings is 2. The molecule has 0 unspecified atom stereocenters. The van der Waals surface area contributed by atoms with Crippen molar-refractivity contribution in [3.05, 3.63) is 59.4 Å². The monoisotopic (exact) mass is 269 g/mol. The highest BCUT2D eigenvalue weighted by Crippen LogP contribution is 2.28. The first-order valence-corrected chi connectivity index (χ1v) is 6.32. The third kappa shape index (κ3) is 2.79. The van der Waals surface area contributed by atoms with E-state index >= 15 is 0 Å². The lowest BCUT2D eigenvalue weighted by molar-refractivity contribution is 0.622. The molecular formula is C16H16FN3. The Kier molecular flexibility index (Phi) is 4.02. The summed E-state index contributed by atoms with van der Waals surface area (Å²) in [4.78, 5) is 1.74. The van der Waals surface area contributed by atoms with E-state index in [-0.39, 0.29) is 11.9 Å². The van der Waals surface area contributed by atoms with Gasteiger partial charge in [-0.1, -0.05) is 6.07 Å². The fraction of sp³-hybridized carbons (Fsp3) is 0.188. The number of nitrogens with zero attached hydrogens (tertiary/aromatic N) is 2. The van der Waals surface area contributed by atoms with Crippen molar-refractivity contribution in [3.63, 3.8) is 0 Å². The second-order valence-corrected chi connectivity index (χ2v) is 4.72. The molecule has 0 aromatic heterocycles. The van der Waals surface area contributed by atoms with Gasteiger partial charge in [-0.3, -0.25) is 0 Å². The largest absolute Gasteiger partial charge is 0.342 e. The summed E-state index contributed by atoms with van der Waals surface area (Å²) in [5.74, 6) is -0.313. The molecule has 0 amide bonds. The zero-order valence-corrected chi connectivity index (χ0v) is 11.5. The summed E-state index contributed by atoms with van der Waals surface area (Å²) in [5, 5.41) is 8.78. The van der Waals surface area contributed by atoms with E-state index in [4.69, 9.17) is 11.0 Å². The van der Waals surface area contributed by atoms with Gasteiger partial charge in [-0.2, -0.15) is 5.26 Å². The van der Waals surface area contributed by atoms with Gasteiger partial charge in [0, 0.05) is 18.8 Å². The molecule has 2 aromatic rings. The van der Waals surface area contributed by atoms with Crippen LogP contribution in [0.3, 0.4) is 0 Å². The molecular weight excluding hydrogens is 253 g/mol. The normalized spacial score (nSPS) is 11.8. The van der Waals surface area contributed by atoms with Crippen molar-refractivity contribution in [2.24, 2.45) is 5.73 Å². The van der Waals surface area contributed by atoms with Crippen LogP contribution in [0, 0.1) is 17.1 Å². The van der Waals surface area contributed by atoms with Gasteiger partial charge in [-0.15, -0.1) is 0 Å². The van der Waals surface area contributed by atoms with Crippen molar-refractivity contribution in [1.29, 1.82) is 5.26 Å². The Morgan fingerprint density at radius 2 is 1.85 bits per heavy atom. The van der Waals surface area contributed by atoms with Crippen molar-refractivity contribution in [3.8, 4) is 6.07 Å². The lowest BCUT2D eigenvalue weighted by Gasteiger charge is -2.21. The molecule has 0 aliphatic carbocycles. The van der Waals surface area contributed by atoms with Crippen molar-refractivity contribution >= 4 is 11.4 Å². The molecule has 0 bridgehead atoms. The highest BCUT2D eigenvalue weighted by molar-refractivity contribution is 5.64. The van der Waals surface area contributed by atoms with Crippen LogP contribution in [-0.4, -0.2) is 7.05 Å². The molecule has 4 heteroatoms. The molecule has 2 rings (SSSR count). The summed E-state index contributed by atoms with van der Waals surface area (Å²) in [6, 6.07) is 13.9. The van der Waals surface area contributed by atoms with E-state index < -0.39 is 0 Å². The van der Waals surface area contributed by atoms with Gasteiger partial charge in [0.1, 0.15) is 5.82 Å². The van der Waals surface area contributed by atoms with Crippen LogP contribution in [0.2, 0.25) is 0 Å². The maximum Gasteiger partial charge on any atom is 0.147 e. The summed E-state index contributed by atoms with van der Waals surface area (Å²) in [6.07, 6.45) is 0. The fourth-order valence-corrected chi connectivity index (χ4v) is 1.98. The molecule has 0 saturated heterocycles. The summed E-state index contributed by atoms with van der Waals surface area (Å²) in [7, 11) is 1.78. The van der Waals surface area contributed by atoms with Gasteiger partial charge < -0.3 is 10.6 Å². The molecule has 2 aromatic carbocycles. The SMILES string of the molecule is C[C@@H](N)c1ccc(N(C)c2ccc(C#N)cc2)c(F)c1. The molecule has 20 heavy (non-hydrogen) atoms. The smallest absolute Gasteiger partial charge is 0.147 e. The van der Waals surface area contributed by atoms with Crippen LogP contribution in [0.5, 0.6) is 0 Å². The third-order valence-corrected chi connectivity index (χ3v) is 3.24. The second kappa shape index (κ2) is 5.72. The van der Waals surface area contributed by atoms with Crippen molar-refractivity contribution in [1.82, 2.24) is 0 Å². The Labute approximate surface area is 118 Å². The van der Waals surface area contributed by atoms with E-state index in [1.54, 1.807) is 42.3 Å². The Morgan fingerprint density at radius 3 is 2.35 bits per heavy atom. The van der Waals surface area contributed by atoms with Gasteiger partial charge in [0.05, 0.1) is 17.3 Å². The average Bonchev–Trinajstić information content (AvgIpc) is 2.46. The number of halogens is 1. The Balaban J connectivity index is 2.33. The maximum atomic E-state index is 14.1. The van der Waals surface area contributed by atoms with Crippen LogP contribution in [0.25, 0.3) is 0 Å². The number of rotatable bonds is 3. The number of nitrogens with two attached hydrogens (primary N) is 1. The summed E-state index contributed by atoms with van der Waals surface area (Å²) in [5.41, 5.74) is 8.37. The first-order chi connectivity index (χ1) is 9.52. The minimum absolute atomic E-state index is 0.196. The Hall–Kier alpha value is -2.38. The molecule has 3 nitrogen and oxygen atoms in total. The van der Waals surface area contributed by atoms with E-state index in [1.807, 2.05) is 13.0 Å². The van der Waals surface area contributed by atoms with Crippen LogP contribution >= 0.6 is 0 Å². The summed E-state index contributed by atoms with van der Waals surface area (Å²) < 4.78 is 14.1. The highest BCUT2D eigenvalue weighted by atomic mass is 19.1. The summed E-state index contributed by atoms with van der Waals surface area (Å²) in [6.45, 7) is 1.82. The lowest BCUT2D eigenvalue weighted by atomic mass is 10.1. The van der Waals surface area contributed by atoms with Crippen molar-refractivity contribution in [2.45, 2.75) is 13.0 Å². The van der Waals surface area contributed by atoms with Crippen molar-refractivity contribution < 1.29 is 4.39 Å². The molecule has 0 spiro atoms. The zero-order chi connectivity index (χ0) is 14.7. The van der Waals surface area contributed by atoms with E-state index in [1.165, 1.54) is 6.07 Å². The quantitative estimate of drug-likeness (QED) is 0.928. The van der Waals surface area contributed by atoms with Crippen LogP contribution < -0.4 is 10.6 Å². The topological polar surface area (TPSA) is 53.0 Å². The van der Waals surface area contributed by atoms with Gasteiger partial charge in [-0.25, -0.2) is 4.39 Å². The molecule has 1 atom stereocenters. The molecule has 0 fully saturated rings. The van der Waals surface area contributed by atoms with E-state index in [9.17, 15) is 4.39 Å². The molecule has 0 aliphatic rings. The van der Waals surface area contributed by atoms with Gasteiger partial charge in [0.15, 0.2) is 0 Å². The van der Waals surface area contributed by atoms with Gasteiger partial charge in [-0.05, 0) is 48.9 Å². The van der Waals surface area contributed by atoms with Crippen LogP contribution in [0.4, 0.5) is 15.8 Å². The first-order valence-electron chi connectivity index (χ1n) is 6.32. The highest BCUT2D eigenvalue weighted by Gasteiger charge is 2.11. The van der Waals surface area contributed by atoms with Crippen LogP contribution in [0.15, 0.2) is 42.5 Å². The number of anilines is 2. The molecule has 0 aliphatic heterocycles. The Bertz CT molecular complexity index is 642. The molecule has 0 radical (unpaired) electrons. The van der Waals surface area contributed by atoms with E-state index in [2.05, 4.69) is 6.07 Å². The van der Waals surface area contributed by atoms with Gasteiger partial charge in [0.2, 0.25) is 0 Å². The average molecular weight is 269 g/mol. The number of hydrogen-bond donors (Lipinski definition) is 1. The first kappa shape index (κ1) is 14.0. The van der Waals surface area contributed by atoms with E-state index in [0.29, 0.717) is 11.3 Å². The van der Waals surface area contributed by atoms with E-state index in [0.717, 1.165) is 11.3 Å². The van der Waals surface area contributed by atoms with Crippen LogP contribution in [-0.2, 0) is 0 Å². The van der Waals surface area contributed by atoms with Gasteiger partial charge >= 0.3 is 0 Å². The zero-order valence-electron chi connectivity index (χ0n) is 11.5. The van der Waals surface area contributed by atoms with Crippen LogP contribution in [0.1, 0.15) is 24.1 Å². The molecule has 102 valence electrons. The molecule has 2 N–H and O–H groups in total. The van der Waals surface area contributed by atoms with Gasteiger partial charge in [0.25, 0.3) is 0 Å². The number of hydrogen-bond acceptors (Lipinski definition) is 3.